The second-order valence-electron chi connectivity index (χ2n) is 4.82. The van der Waals surface area contributed by atoms with Crippen LogP contribution in [0.2, 0.25) is 0 Å². The molecule has 0 aromatic carbocycles. The summed E-state index contributed by atoms with van der Waals surface area (Å²) in [5, 5.41) is 0. The molecule has 0 amide bonds. The van der Waals surface area contributed by atoms with Crippen LogP contribution in [0.1, 0.15) is 32.6 Å². The highest BCUT2D eigenvalue weighted by molar-refractivity contribution is 7.89. The highest BCUT2D eigenvalue weighted by atomic mass is 32.2. The molecule has 1 aliphatic carbocycles. The van der Waals surface area contributed by atoms with E-state index in [9.17, 15) is 8.42 Å². The number of nitrogens with two attached hydrogens (primary N) is 1. The van der Waals surface area contributed by atoms with E-state index in [2.05, 4.69) is 4.72 Å². The quantitative estimate of drug-likeness (QED) is 0.594. The number of sulfonamides is 1. The van der Waals surface area contributed by atoms with Gasteiger partial charge in [0.1, 0.15) is 0 Å². The molecule has 0 aromatic heterocycles. The molecule has 7 heteroatoms. The molecule has 0 bridgehead atoms. The lowest BCUT2D eigenvalue weighted by Gasteiger charge is -2.26. The predicted molar refractivity (Wildman–Crippen MR) is 74.5 cm³/mol. The van der Waals surface area contributed by atoms with E-state index in [1.807, 2.05) is 6.92 Å². The molecule has 1 rings (SSSR count). The molecule has 6 nitrogen and oxygen atoms in total. The number of hydrogen-bond acceptors (Lipinski definition) is 5. The first-order valence-corrected chi connectivity index (χ1v) is 8.61. The second kappa shape index (κ2) is 8.86. The Morgan fingerprint density at radius 2 is 1.89 bits per heavy atom. The Morgan fingerprint density at radius 1 is 1.21 bits per heavy atom. The number of hydrogen-bond donors (Lipinski definition) is 2. The molecule has 0 aromatic rings. The molecule has 1 aliphatic rings. The van der Waals surface area contributed by atoms with Crippen molar-refractivity contribution in [1.82, 2.24) is 4.72 Å². The van der Waals surface area contributed by atoms with Gasteiger partial charge in [-0.05, 0) is 32.6 Å². The van der Waals surface area contributed by atoms with E-state index in [-0.39, 0.29) is 18.5 Å². The summed E-state index contributed by atoms with van der Waals surface area (Å²) in [6.45, 7) is 3.32. The molecule has 1 fully saturated rings. The minimum Gasteiger partial charge on any atom is -0.381 e. The molecule has 0 saturated heterocycles. The third kappa shape index (κ3) is 7.84. The minimum absolute atomic E-state index is 0.000871. The van der Waals surface area contributed by atoms with Crippen molar-refractivity contribution in [3.05, 3.63) is 0 Å². The first-order chi connectivity index (χ1) is 9.03. The maximum Gasteiger partial charge on any atom is 0.213 e. The van der Waals surface area contributed by atoms with Crippen molar-refractivity contribution in [3.8, 4) is 0 Å². The summed E-state index contributed by atoms with van der Waals surface area (Å²) in [6, 6.07) is 0.303. The zero-order valence-electron chi connectivity index (χ0n) is 11.6. The number of rotatable bonds is 9. The largest absolute Gasteiger partial charge is 0.381 e. The van der Waals surface area contributed by atoms with Crippen LogP contribution in [0.5, 0.6) is 0 Å². The van der Waals surface area contributed by atoms with Crippen LogP contribution in [0.25, 0.3) is 0 Å². The van der Waals surface area contributed by atoms with Gasteiger partial charge in [-0.2, -0.15) is 0 Å². The lowest BCUT2D eigenvalue weighted by atomic mass is 9.94. The molecule has 0 spiro atoms. The van der Waals surface area contributed by atoms with Crippen LogP contribution in [-0.4, -0.2) is 52.7 Å². The average Bonchev–Trinajstić information content (AvgIpc) is 2.37. The van der Waals surface area contributed by atoms with Gasteiger partial charge in [0, 0.05) is 19.2 Å². The van der Waals surface area contributed by atoms with Crippen LogP contribution in [0.3, 0.4) is 0 Å². The average molecular weight is 294 g/mol. The monoisotopic (exact) mass is 294 g/mol. The Labute approximate surface area is 116 Å². The van der Waals surface area contributed by atoms with Crippen LogP contribution < -0.4 is 10.5 Å². The van der Waals surface area contributed by atoms with E-state index < -0.39 is 10.0 Å². The van der Waals surface area contributed by atoms with Crippen molar-refractivity contribution in [1.29, 1.82) is 0 Å². The smallest absolute Gasteiger partial charge is 0.213 e. The Morgan fingerprint density at radius 3 is 2.53 bits per heavy atom. The maximum atomic E-state index is 11.5. The zero-order valence-corrected chi connectivity index (χ0v) is 12.5. The number of ether oxygens (including phenoxy) is 2. The fourth-order valence-corrected chi connectivity index (χ4v) is 2.94. The summed E-state index contributed by atoms with van der Waals surface area (Å²) in [5.41, 5.74) is 5.81. The van der Waals surface area contributed by atoms with Crippen molar-refractivity contribution >= 4 is 10.0 Å². The van der Waals surface area contributed by atoms with Gasteiger partial charge in [-0.3, -0.25) is 0 Å². The van der Waals surface area contributed by atoms with Crippen molar-refractivity contribution < 1.29 is 17.9 Å². The third-order valence-corrected chi connectivity index (χ3v) is 4.55. The van der Waals surface area contributed by atoms with Gasteiger partial charge in [-0.25, -0.2) is 13.1 Å². The van der Waals surface area contributed by atoms with Gasteiger partial charge in [0.15, 0.2) is 0 Å². The molecule has 19 heavy (non-hydrogen) atoms. The minimum atomic E-state index is -3.24. The van der Waals surface area contributed by atoms with Crippen LogP contribution in [0, 0.1) is 0 Å². The van der Waals surface area contributed by atoms with Crippen LogP contribution in [-0.2, 0) is 19.5 Å². The molecule has 0 unspecified atom stereocenters. The van der Waals surface area contributed by atoms with Gasteiger partial charge in [0.05, 0.1) is 25.1 Å². The van der Waals surface area contributed by atoms with E-state index >= 15 is 0 Å². The molecule has 0 atom stereocenters. The second-order valence-corrected chi connectivity index (χ2v) is 6.74. The molecule has 3 N–H and O–H groups in total. The summed E-state index contributed by atoms with van der Waals surface area (Å²) in [6.07, 6.45) is 4.15. The highest BCUT2D eigenvalue weighted by Crippen LogP contribution is 2.19. The normalized spacial score (nSPS) is 24.5. The van der Waals surface area contributed by atoms with E-state index in [1.165, 1.54) is 0 Å². The summed E-state index contributed by atoms with van der Waals surface area (Å²) >= 11 is 0. The molecular formula is C12H26N2O4S. The standard InChI is InChI=1S/C12H26N2O4S/c1-2-17-9-10-19(15,16)14-7-8-18-12-5-3-11(13)4-6-12/h11-12,14H,2-10,13H2,1H3. The Kier molecular flexibility index (Phi) is 7.86. The Bertz CT molecular complexity index is 327. The summed E-state index contributed by atoms with van der Waals surface area (Å²) in [7, 11) is -3.24. The van der Waals surface area contributed by atoms with Crippen molar-refractivity contribution in [2.45, 2.75) is 44.8 Å². The summed E-state index contributed by atoms with van der Waals surface area (Å²) in [4.78, 5) is 0. The summed E-state index contributed by atoms with van der Waals surface area (Å²) in [5.74, 6) is -0.000871. The third-order valence-electron chi connectivity index (χ3n) is 3.20. The molecule has 0 aliphatic heterocycles. The molecular weight excluding hydrogens is 268 g/mol. The Balaban J connectivity index is 2.06. The van der Waals surface area contributed by atoms with E-state index in [4.69, 9.17) is 15.2 Å². The first kappa shape index (κ1) is 16.8. The Hall–Kier alpha value is -0.210. The van der Waals surface area contributed by atoms with Crippen molar-refractivity contribution in [3.63, 3.8) is 0 Å². The van der Waals surface area contributed by atoms with Gasteiger partial charge in [-0.1, -0.05) is 0 Å². The number of nitrogens with one attached hydrogen (secondary N) is 1. The van der Waals surface area contributed by atoms with Crippen LogP contribution in [0.4, 0.5) is 0 Å². The maximum absolute atomic E-state index is 11.5. The fourth-order valence-electron chi connectivity index (χ4n) is 2.06. The predicted octanol–water partition coefficient (Wildman–Crippen LogP) is 0.229. The fraction of sp³-hybridized carbons (Fsp3) is 1.00. The van der Waals surface area contributed by atoms with E-state index in [1.54, 1.807) is 0 Å². The lowest BCUT2D eigenvalue weighted by Crippen LogP contribution is -2.34. The SMILES string of the molecule is CCOCCS(=O)(=O)NCCOC1CCC(N)CC1. The van der Waals surface area contributed by atoms with Gasteiger partial charge < -0.3 is 15.2 Å². The van der Waals surface area contributed by atoms with Crippen molar-refractivity contribution in [2.24, 2.45) is 5.73 Å². The lowest BCUT2D eigenvalue weighted by molar-refractivity contribution is 0.0287. The first-order valence-electron chi connectivity index (χ1n) is 6.95. The van der Waals surface area contributed by atoms with Gasteiger partial charge in [0.2, 0.25) is 10.0 Å². The molecule has 0 radical (unpaired) electrons. The van der Waals surface area contributed by atoms with E-state index in [0.717, 1.165) is 25.7 Å². The van der Waals surface area contributed by atoms with E-state index in [0.29, 0.717) is 25.8 Å². The van der Waals surface area contributed by atoms with Gasteiger partial charge in [-0.15, -0.1) is 0 Å². The van der Waals surface area contributed by atoms with Gasteiger partial charge in [0.25, 0.3) is 0 Å². The van der Waals surface area contributed by atoms with Crippen LogP contribution >= 0.6 is 0 Å². The van der Waals surface area contributed by atoms with Gasteiger partial charge >= 0.3 is 0 Å². The van der Waals surface area contributed by atoms with Crippen LogP contribution in [0.15, 0.2) is 0 Å². The molecule has 0 heterocycles. The van der Waals surface area contributed by atoms with Crippen molar-refractivity contribution in [2.75, 3.05) is 32.1 Å². The zero-order chi connectivity index (χ0) is 14.1. The molecule has 114 valence electrons. The molecule has 1 saturated carbocycles. The topological polar surface area (TPSA) is 90.7 Å². The highest BCUT2D eigenvalue weighted by Gasteiger charge is 2.18. The summed E-state index contributed by atoms with van der Waals surface area (Å²) < 4.78 is 36.2.